The molecule has 0 aliphatic rings. The summed E-state index contributed by atoms with van der Waals surface area (Å²) in [5, 5.41) is 3.01. The van der Waals surface area contributed by atoms with Gasteiger partial charge in [0.25, 0.3) is 5.91 Å². The van der Waals surface area contributed by atoms with Gasteiger partial charge in [-0.2, -0.15) is 0 Å². The zero-order valence-electron chi connectivity index (χ0n) is 22.8. The maximum atomic E-state index is 14.1. The van der Waals surface area contributed by atoms with Crippen LogP contribution in [0.2, 0.25) is 0 Å². The summed E-state index contributed by atoms with van der Waals surface area (Å²) in [5.74, 6) is 0.592. The topological polar surface area (TPSA) is 67.9 Å². The molecule has 0 radical (unpaired) electrons. The van der Waals surface area contributed by atoms with Gasteiger partial charge >= 0.3 is 0 Å². The van der Waals surface area contributed by atoms with E-state index in [1.165, 1.54) is 7.11 Å². The van der Waals surface area contributed by atoms with Crippen LogP contribution in [0.5, 0.6) is 11.5 Å². The second-order valence-corrected chi connectivity index (χ2v) is 9.48. The molecule has 1 atom stereocenters. The summed E-state index contributed by atoms with van der Waals surface area (Å²) in [4.78, 5) is 29.8. The number of ether oxygens (including phenoxy) is 2. The van der Waals surface area contributed by atoms with Gasteiger partial charge in [-0.3, -0.25) is 9.59 Å². The lowest BCUT2D eigenvalue weighted by molar-refractivity contribution is -0.139. The van der Waals surface area contributed by atoms with Crippen molar-refractivity contribution in [3.8, 4) is 11.5 Å². The third-order valence-electron chi connectivity index (χ3n) is 6.74. The molecule has 0 aliphatic carbocycles. The van der Waals surface area contributed by atoms with Gasteiger partial charge in [-0.25, -0.2) is 0 Å². The first-order chi connectivity index (χ1) is 18.9. The molecule has 1 unspecified atom stereocenters. The molecule has 4 aromatic carbocycles. The molecule has 0 saturated carbocycles. The lowest BCUT2D eigenvalue weighted by atomic mass is 9.99. The molecule has 0 aromatic heterocycles. The van der Waals surface area contributed by atoms with Gasteiger partial charge < -0.3 is 19.7 Å². The summed E-state index contributed by atoms with van der Waals surface area (Å²) in [6.07, 6.45) is 0.175. The molecule has 0 spiro atoms. The molecule has 200 valence electrons. The van der Waals surface area contributed by atoms with E-state index in [0.717, 1.165) is 27.8 Å². The number of amides is 2. The Morgan fingerprint density at radius 3 is 2.18 bits per heavy atom. The van der Waals surface area contributed by atoms with Crippen molar-refractivity contribution in [2.24, 2.45) is 0 Å². The van der Waals surface area contributed by atoms with Crippen LogP contribution in [0.1, 0.15) is 33.9 Å². The van der Waals surface area contributed by atoms with Crippen molar-refractivity contribution in [1.29, 1.82) is 0 Å². The normalized spacial score (nSPS) is 11.4. The van der Waals surface area contributed by atoms with Crippen molar-refractivity contribution in [3.05, 3.63) is 125 Å². The fourth-order valence-corrected chi connectivity index (χ4v) is 4.49. The fourth-order valence-electron chi connectivity index (χ4n) is 4.49. The monoisotopic (exact) mass is 522 g/mol. The lowest BCUT2D eigenvalue weighted by Crippen LogP contribution is -2.41. The molecular formula is C33H34N2O4. The summed E-state index contributed by atoms with van der Waals surface area (Å²) < 4.78 is 10.8. The first kappa shape index (κ1) is 27.5. The molecule has 2 amide bonds. The molecule has 6 heteroatoms. The van der Waals surface area contributed by atoms with Gasteiger partial charge in [0.15, 0.2) is 0 Å². The molecule has 39 heavy (non-hydrogen) atoms. The van der Waals surface area contributed by atoms with Crippen LogP contribution in [0.25, 0.3) is 0 Å². The second-order valence-electron chi connectivity index (χ2n) is 9.48. The molecule has 0 fully saturated rings. The van der Waals surface area contributed by atoms with E-state index in [1.807, 2.05) is 92.7 Å². The standard InChI is InChI=1S/C33H34N2O4/c1-23-14-16-26(17-15-23)32(33(37)34-29-19-18-28(38-3)21-30(29)39-4)35(22-27-13-9-8-10-24(27)2)31(36)20-25-11-6-5-7-12-25/h5-19,21,32H,20,22H2,1-4H3,(H,34,37). The molecule has 1 N–H and O–H groups in total. The summed E-state index contributed by atoms with van der Waals surface area (Å²) in [5.41, 5.74) is 5.20. The van der Waals surface area contributed by atoms with Gasteiger partial charge in [-0.1, -0.05) is 84.4 Å². The van der Waals surface area contributed by atoms with E-state index in [1.54, 1.807) is 30.2 Å². The smallest absolute Gasteiger partial charge is 0.251 e. The highest BCUT2D eigenvalue weighted by Crippen LogP contribution is 2.32. The Morgan fingerprint density at radius 2 is 1.51 bits per heavy atom. The summed E-state index contributed by atoms with van der Waals surface area (Å²) in [6.45, 7) is 4.29. The van der Waals surface area contributed by atoms with E-state index in [0.29, 0.717) is 17.2 Å². The van der Waals surface area contributed by atoms with Crippen molar-refractivity contribution in [2.45, 2.75) is 32.9 Å². The Hall–Kier alpha value is -4.58. The number of carbonyl (C=O) groups excluding carboxylic acids is 2. The van der Waals surface area contributed by atoms with Crippen LogP contribution in [0, 0.1) is 13.8 Å². The first-order valence-corrected chi connectivity index (χ1v) is 12.9. The number of benzene rings is 4. The third-order valence-corrected chi connectivity index (χ3v) is 6.74. The van der Waals surface area contributed by atoms with E-state index in [9.17, 15) is 9.59 Å². The third kappa shape index (κ3) is 6.85. The number of nitrogens with zero attached hydrogens (tertiary/aromatic N) is 1. The number of rotatable bonds is 10. The van der Waals surface area contributed by atoms with E-state index in [2.05, 4.69) is 5.32 Å². The predicted octanol–water partition coefficient (Wildman–Crippen LogP) is 6.27. The number of aryl methyl sites for hydroxylation is 2. The summed E-state index contributed by atoms with van der Waals surface area (Å²) in [6, 6.07) is 29.6. The van der Waals surface area contributed by atoms with Gasteiger partial charge in [-0.15, -0.1) is 0 Å². The molecular weight excluding hydrogens is 488 g/mol. The Labute approximate surface area is 230 Å². The number of hydrogen-bond donors (Lipinski definition) is 1. The molecule has 0 heterocycles. The molecule has 4 rings (SSSR count). The Kier molecular flexibility index (Phi) is 9.00. The largest absolute Gasteiger partial charge is 0.497 e. The summed E-state index contributed by atoms with van der Waals surface area (Å²) in [7, 11) is 3.11. The van der Waals surface area contributed by atoms with E-state index < -0.39 is 6.04 Å². The van der Waals surface area contributed by atoms with Crippen LogP contribution in [0.15, 0.2) is 97.1 Å². The van der Waals surface area contributed by atoms with E-state index in [4.69, 9.17) is 9.47 Å². The van der Waals surface area contributed by atoms with Crippen molar-refractivity contribution < 1.29 is 19.1 Å². The average Bonchev–Trinajstić information content (AvgIpc) is 2.95. The molecule has 0 aliphatic heterocycles. The molecule has 0 bridgehead atoms. The van der Waals surface area contributed by atoms with Crippen molar-refractivity contribution in [2.75, 3.05) is 19.5 Å². The molecule has 6 nitrogen and oxygen atoms in total. The average molecular weight is 523 g/mol. The number of hydrogen-bond acceptors (Lipinski definition) is 4. The van der Waals surface area contributed by atoms with Gasteiger partial charge in [-0.05, 0) is 48.2 Å². The van der Waals surface area contributed by atoms with E-state index in [-0.39, 0.29) is 24.8 Å². The highest BCUT2D eigenvalue weighted by Gasteiger charge is 2.32. The van der Waals surface area contributed by atoms with Crippen molar-refractivity contribution in [1.82, 2.24) is 4.90 Å². The maximum absolute atomic E-state index is 14.1. The van der Waals surface area contributed by atoms with Crippen LogP contribution in [-0.4, -0.2) is 30.9 Å². The summed E-state index contributed by atoms with van der Waals surface area (Å²) >= 11 is 0. The second kappa shape index (κ2) is 12.8. The highest BCUT2D eigenvalue weighted by atomic mass is 16.5. The minimum Gasteiger partial charge on any atom is -0.497 e. The number of carbonyl (C=O) groups is 2. The fraction of sp³-hybridized carbons (Fsp3) is 0.212. The lowest BCUT2D eigenvalue weighted by Gasteiger charge is -2.32. The number of nitrogens with one attached hydrogen (secondary N) is 1. The molecule has 4 aromatic rings. The zero-order chi connectivity index (χ0) is 27.8. The Morgan fingerprint density at radius 1 is 0.821 bits per heavy atom. The SMILES string of the molecule is COc1ccc(NC(=O)C(c2ccc(C)cc2)N(Cc2ccccc2C)C(=O)Cc2ccccc2)c(OC)c1. The molecule has 0 saturated heterocycles. The van der Waals surface area contributed by atoms with E-state index >= 15 is 0 Å². The van der Waals surface area contributed by atoms with Crippen molar-refractivity contribution in [3.63, 3.8) is 0 Å². The minimum absolute atomic E-state index is 0.146. The predicted molar refractivity (Wildman–Crippen MR) is 154 cm³/mol. The minimum atomic E-state index is -0.881. The van der Waals surface area contributed by atoms with Gasteiger partial charge in [0, 0.05) is 12.6 Å². The Balaban J connectivity index is 1.77. The maximum Gasteiger partial charge on any atom is 0.251 e. The van der Waals surface area contributed by atoms with Gasteiger partial charge in [0.1, 0.15) is 17.5 Å². The quantitative estimate of drug-likeness (QED) is 0.267. The number of anilines is 1. The Bertz CT molecular complexity index is 1420. The van der Waals surface area contributed by atoms with Gasteiger partial charge in [0.05, 0.1) is 26.3 Å². The van der Waals surface area contributed by atoms with Crippen LogP contribution >= 0.6 is 0 Å². The first-order valence-electron chi connectivity index (χ1n) is 12.9. The van der Waals surface area contributed by atoms with Gasteiger partial charge in [0.2, 0.25) is 5.91 Å². The van der Waals surface area contributed by atoms with Crippen LogP contribution in [0.4, 0.5) is 5.69 Å². The van der Waals surface area contributed by atoms with Crippen LogP contribution in [-0.2, 0) is 22.6 Å². The zero-order valence-corrected chi connectivity index (χ0v) is 22.8. The number of methoxy groups -OCH3 is 2. The highest BCUT2D eigenvalue weighted by molar-refractivity contribution is 5.99. The van der Waals surface area contributed by atoms with Crippen molar-refractivity contribution >= 4 is 17.5 Å². The van der Waals surface area contributed by atoms with Crippen LogP contribution in [0.3, 0.4) is 0 Å². The van der Waals surface area contributed by atoms with Crippen LogP contribution < -0.4 is 14.8 Å².